The van der Waals surface area contributed by atoms with Gasteiger partial charge in [0, 0.05) is 44.1 Å². The molecule has 12 heteroatoms. The third kappa shape index (κ3) is 5.36. The van der Waals surface area contributed by atoms with Crippen LogP contribution in [0.3, 0.4) is 0 Å². The van der Waals surface area contributed by atoms with Gasteiger partial charge in [-0.15, -0.1) is 0 Å². The average molecular weight is 536 g/mol. The summed E-state index contributed by atoms with van der Waals surface area (Å²) in [5, 5.41) is 12.7. The van der Waals surface area contributed by atoms with E-state index in [2.05, 4.69) is 30.2 Å². The fourth-order valence-corrected chi connectivity index (χ4v) is 5.50. The Morgan fingerprint density at radius 2 is 1.92 bits per heavy atom. The van der Waals surface area contributed by atoms with Gasteiger partial charge in [0.05, 0.1) is 22.5 Å². The van der Waals surface area contributed by atoms with Gasteiger partial charge in [-0.25, -0.2) is 14.4 Å². The van der Waals surface area contributed by atoms with Crippen molar-refractivity contribution in [2.75, 3.05) is 36.9 Å². The molecule has 0 spiro atoms. The van der Waals surface area contributed by atoms with E-state index in [0.717, 1.165) is 61.2 Å². The molecular formula is C26H33F4N7O. The number of likely N-dealkylation sites (N-methyl/N-ethyl adjacent to an activating group) is 1. The van der Waals surface area contributed by atoms with Gasteiger partial charge in [0.15, 0.2) is 11.6 Å². The minimum atomic E-state index is -4.80. The molecule has 2 aliphatic rings. The minimum Gasteiger partial charge on any atom is -0.472 e. The Kier molecular flexibility index (Phi) is 7.60. The van der Waals surface area contributed by atoms with Crippen LogP contribution >= 0.6 is 0 Å². The molecule has 1 aliphatic heterocycles. The van der Waals surface area contributed by atoms with Crippen molar-refractivity contribution in [2.24, 2.45) is 0 Å². The highest BCUT2D eigenvalue weighted by atomic mass is 19.4. The number of nitrogens with zero attached hydrogens (tertiary/aromatic N) is 5. The largest absolute Gasteiger partial charge is 0.472 e. The Labute approximate surface area is 218 Å². The summed E-state index contributed by atoms with van der Waals surface area (Å²) in [6.07, 6.45) is 2.28. The Balaban J connectivity index is 1.36. The topological polar surface area (TPSA) is 80.1 Å². The van der Waals surface area contributed by atoms with Crippen LogP contribution in [-0.4, -0.2) is 58.6 Å². The molecule has 0 bridgehead atoms. The van der Waals surface area contributed by atoms with E-state index in [1.165, 1.54) is 0 Å². The van der Waals surface area contributed by atoms with Crippen molar-refractivity contribution in [2.45, 2.75) is 69.8 Å². The molecule has 1 aliphatic carbocycles. The molecule has 0 unspecified atom stereocenters. The van der Waals surface area contributed by atoms with E-state index in [1.54, 1.807) is 0 Å². The van der Waals surface area contributed by atoms with Crippen LogP contribution in [0.1, 0.15) is 57.1 Å². The predicted octanol–water partition coefficient (Wildman–Crippen LogP) is 5.17. The van der Waals surface area contributed by atoms with Crippen molar-refractivity contribution < 1.29 is 22.3 Å². The predicted molar refractivity (Wildman–Crippen MR) is 137 cm³/mol. The standard InChI is InChI=1S/C26H33F4N7O/c1-3-32-22-13-21-19(14-34-22)24(36-12-4-5-16(15-36)31-2)35-37(21)17-6-8-18(9-7-17)38-25-23(27)20(10-11-33-25)26(28,29)30/h10-11,13-14,16-18,31H,3-9,12,15H2,1-2H3,(H,32,34)/t16-,17?,18?/m0/s1. The monoisotopic (exact) mass is 535 g/mol. The maximum atomic E-state index is 14.4. The molecule has 1 atom stereocenters. The third-order valence-electron chi connectivity index (χ3n) is 7.49. The molecule has 0 amide bonds. The molecule has 1 saturated heterocycles. The molecule has 206 valence electrons. The van der Waals surface area contributed by atoms with Crippen LogP contribution in [0.2, 0.25) is 0 Å². The second-order valence-electron chi connectivity index (χ2n) is 9.98. The molecule has 2 fully saturated rings. The summed E-state index contributed by atoms with van der Waals surface area (Å²) >= 11 is 0. The van der Waals surface area contributed by atoms with Crippen molar-refractivity contribution in [3.05, 3.63) is 35.9 Å². The number of fused-ring (bicyclic) bond motifs is 1. The van der Waals surface area contributed by atoms with Crippen molar-refractivity contribution in [1.82, 2.24) is 25.1 Å². The second kappa shape index (κ2) is 10.9. The van der Waals surface area contributed by atoms with Gasteiger partial charge in [-0.3, -0.25) is 4.68 Å². The fraction of sp³-hybridized carbons (Fsp3) is 0.577. The number of halogens is 4. The zero-order valence-electron chi connectivity index (χ0n) is 21.6. The summed E-state index contributed by atoms with van der Waals surface area (Å²) in [4.78, 5) is 10.6. The van der Waals surface area contributed by atoms with Crippen molar-refractivity contribution in [3.63, 3.8) is 0 Å². The molecule has 38 heavy (non-hydrogen) atoms. The SMILES string of the molecule is CCNc1cc2c(cn1)c(N1CCC[C@H](NC)C1)nn2C1CCC(Oc2nccc(C(F)(F)F)c2F)CC1. The van der Waals surface area contributed by atoms with Gasteiger partial charge in [0.25, 0.3) is 5.88 Å². The van der Waals surface area contributed by atoms with E-state index in [4.69, 9.17) is 9.84 Å². The van der Waals surface area contributed by atoms with Crippen LogP contribution in [0.4, 0.5) is 29.2 Å². The normalized spacial score (nSPS) is 22.6. The Morgan fingerprint density at radius 3 is 2.63 bits per heavy atom. The number of hydrogen-bond donors (Lipinski definition) is 2. The number of ether oxygens (including phenoxy) is 1. The molecule has 0 aromatic carbocycles. The summed E-state index contributed by atoms with van der Waals surface area (Å²) in [5.74, 6) is -0.359. The summed E-state index contributed by atoms with van der Waals surface area (Å²) in [7, 11) is 1.98. The van der Waals surface area contributed by atoms with Gasteiger partial charge in [-0.1, -0.05) is 0 Å². The van der Waals surface area contributed by atoms with Gasteiger partial charge in [-0.2, -0.15) is 18.3 Å². The third-order valence-corrected chi connectivity index (χ3v) is 7.49. The Morgan fingerprint density at radius 1 is 1.13 bits per heavy atom. The first-order valence-electron chi connectivity index (χ1n) is 13.2. The van der Waals surface area contributed by atoms with Crippen LogP contribution in [0.15, 0.2) is 24.5 Å². The van der Waals surface area contributed by atoms with Crippen LogP contribution in [0.5, 0.6) is 5.88 Å². The van der Waals surface area contributed by atoms with E-state index in [1.807, 2.05) is 26.2 Å². The Hall–Kier alpha value is -3.15. The van der Waals surface area contributed by atoms with Crippen LogP contribution < -0.4 is 20.3 Å². The number of rotatable bonds is 7. The first kappa shape index (κ1) is 26.5. The highest BCUT2D eigenvalue weighted by Crippen LogP contribution is 2.38. The van der Waals surface area contributed by atoms with E-state index in [-0.39, 0.29) is 6.04 Å². The number of hydrogen-bond acceptors (Lipinski definition) is 7. The highest BCUT2D eigenvalue weighted by Gasteiger charge is 2.37. The first-order chi connectivity index (χ1) is 18.3. The fourth-order valence-electron chi connectivity index (χ4n) is 5.50. The average Bonchev–Trinajstić information content (AvgIpc) is 3.29. The summed E-state index contributed by atoms with van der Waals surface area (Å²) < 4.78 is 61.4. The molecule has 1 saturated carbocycles. The van der Waals surface area contributed by atoms with Crippen molar-refractivity contribution in [1.29, 1.82) is 0 Å². The lowest BCUT2D eigenvalue weighted by atomic mass is 9.93. The summed E-state index contributed by atoms with van der Waals surface area (Å²) in [6, 6.07) is 3.12. The summed E-state index contributed by atoms with van der Waals surface area (Å²) in [6.45, 7) is 4.56. The summed E-state index contributed by atoms with van der Waals surface area (Å²) in [5.41, 5.74) is -0.373. The van der Waals surface area contributed by atoms with E-state index >= 15 is 0 Å². The number of nitrogens with one attached hydrogen (secondary N) is 2. The lowest BCUT2D eigenvalue weighted by Crippen LogP contribution is -2.44. The van der Waals surface area contributed by atoms with Gasteiger partial charge in [0.2, 0.25) is 0 Å². The number of anilines is 2. The number of aromatic nitrogens is 4. The van der Waals surface area contributed by atoms with Crippen molar-refractivity contribution >= 4 is 22.5 Å². The molecule has 0 radical (unpaired) electrons. The van der Waals surface area contributed by atoms with Crippen LogP contribution in [-0.2, 0) is 6.18 Å². The van der Waals surface area contributed by atoms with E-state index < -0.39 is 29.5 Å². The lowest BCUT2D eigenvalue weighted by Gasteiger charge is -2.33. The molecule has 5 rings (SSSR count). The van der Waals surface area contributed by atoms with Crippen LogP contribution in [0.25, 0.3) is 10.9 Å². The molecule has 2 N–H and O–H groups in total. The molecule has 3 aromatic rings. The number of piperidine rings is 1. The molecule has 4 heterocycles. The molecule has 8 nitrogen and oxygen atoms in total. The van der Waals surface area contributed by atoms with E-state index in [0.29, 0.717) is 37.8 Å². The molecule has 3 aromatic heterocycles. The number of alkyl halides is 3. The first-order valence-corrected chi connectivity index (χ1v) is 13.2. The quantitative estimate of drug-likeness (QED) is 0.404. The van der Waals surface area contributed by atoms with Gasteiger partial charge in [0.1, 0.15) is 11.9 Å². The van der Waals surface area contributed by atoms with Crippen molar-refractivity contribution in [3.8, 4) is 5.88 Å². The van der Waals surface area contributed by atoms with Gasteiger partial charge < -0.3 is 20.3 Å². The minimum absolute atomic E-state index is 0.0761. The molecular weight excluding hydrogens is 502 g/mol. The van der Waals surface area contributed by atoms with Gasteiger partial charge in [-0.05, 0) is 58.6 Å². The second-order valence-corrected chi connectivity index (χ2v) is 9.98. The van der Waals surface area contributed by atoms with Gasteiger partial charge >= 0.3 is 6.18 Å². The smallest absolute Gasteiger partial charge is 0.419 e. The highest BCUT2D eigenvalue weighted by molar-refractivity contribution is 5.91. The zero-order chi connectivity index (χ0) is 26.9. The van der Waals surface area contributed by atoms with Crippen LogP contribution in [0, 0.1) is 5.82 Å². The lowest BCUT2D eigenvalue weighted by molar-refractivity contribution is -0.140. The van der Waals surface area contributed by atoms with E-state index in [9.17, 15) is 17.6 Å². The zero-order valence-corrected chi connectivity index (χ0v) is 21.6. The maximum Gasteiger partial charge on any atom is 0.419 e. The number of pyridine rings is 2. The Bertz CT molecular complexity index is 1260. The maximum absolute atomic E-state index is 14.4.